The van der Waals surface area contributed by atoms with Crippen molar-refractivity contribution in [1.82, 2.24) is 10.2 Å². The van der Waals surface area contributed by atoms with Crippen LogP contribution in [0.3, 0.4) is 0 Å². The Morgan fingerprint density at radius 1 is 1.53 bits per heavy atom. The number of halogens is 3. The second kappa shape index (κ2) is 5.21. The fourth-order valence-corrected chi connectivity index (χ4v) is 1.49. The van der Waals surface area contributed by atoms with E-state index in [1.165, 1.54) is 0 Å². The molecule has 0 aliphatic heterocycles. The summed E-state index contributed by atoms with van der Waals surface area (Å²) in [5, 5.41) is 5.48. The summed E-state index contributed by atoms with van der Waals surface area (Å²) >= 11 is 5.68. The second-order valence-corrected chi connectivity index (χ2v) is 3.51. The van der Waals surface area contributed by atoms with Gasteiger partial charge in [-0.05, 0) is 12.8 Å². The van der Waals surface area contributed by atoms with Crippen LogP contribution < -0.4 is 5.56 Å². The Hall–Kier alpha value is -0.970. The van der Waals surface area contributed by atoms with Crippen molar-refractivity contribution < 1.29 is 8.78 Å². The third-order valence-electron chi connectivity index (χ3n) is 2.01. The Morgan fingerprint density at radius 2 is 2.20 bits per heavy atom. The van der Waals surface area contributed by atoms with Crippen molar-refractivity contribution in [3.63, 3.8) is 0 Å². The van der Waals surface area contributed by atoms with Crippen molar-refractivity contribution in [3.05, 3.63) is 26.6 Å². The fourth-order valence-electron chi connectivity index (χ4n) is 1.19. The lowest BCUT2D eigenvalue weighted by Crippen LogP contribution is -2.17. The first-order valence-corrected chi connectivity index (χ1v) is 5.00. The van der Waals surface area contributed by atoms with Gasteiger partial charge in [-0.1, -0.05) is 24.9 Å². The van der Waals surface area contributed by atoms with Gasteiger partial charge in [-0.15, -0.1) is 0 Å². The van der Waals surface area contributed by atoms with E-state index in [1.54, 1.807) is 0 Å². The number of hydrogen-bond donors (Lipinski definition) is 1. The van der Waals surface area contributed by atoms with Gasteiger partial charge in [0.05, 0.1) is 10.7 Å². The number of rotatable bonds is 4. The predicted octanol–water partition coefficient (Wildman–Crippen LogP) is 2.70. The number of hydrogen-bond acceptors (Lipinski definition) is 2. The normalized spacial score (nSPS) is 11.0. The molecule has 0 fully saturated rings. The quantitative estimate of drug-likeness (QED) is 0.874. The molecule has 15 heavy (non-hydrogen) atoms. The van der Waals surface area contributed by atoms with Gasteiger partial charge in [0.25, 0.3) is 12.0 Å². The molecule has 0 unspecified atom stereocenters. The summed E-state index contributed by atoms with van der Waals surface area (Å²) in [6.07, 6.45) is -0.682. The van der Waals surface area contributed by atoms with Crippen molar-refractivity contribution in [3.8, 4) is 0 Å². The lowest BCUT2D eigenvalue weighted by Gasteiger charge is -2.05. The summed E-state index contributed by atoms with van der Waals surface area (Å²) in [7, 11) is 0. The molecule has 1 N–H and O–H groups in total. The molecule has 84 valence electrons. The molecule has 0 spiro atoms. The Labute approximate surface area is 90.5 Å². The van der Waals surface area contributed by atoms with E-state index in [2.05, 4.69) is 5.10 Å². The Kier molecular flexibility index (Phi) is 4.20. The van der Waals surface area contributed by atoms with Crippen LogP contribution >= 0.6 is 11.6 Å². The number of nitrogens with zero attached hydrogens (tertiary/aromatic N) is 1. The first-order valence-electron chi connectivity index (χ1n) is 4.63. The molecular formula is C9H11ClF2N2O. The number of unbranched alkanes of at least 4 members (excludes halogenated alkanes) is 1. The maximum absolute atomic E-state index is 12.5. The second-order valence-electron chi connectivity index (χ2n) is 3.13. The van der Waals surface area contributed by atoms with E-state index in [-0.39, 0.29) is 5.02 Å². The van der Waals surface area contributed by atoms with Gasteiger partial charge in [-0.25, -0.2) is 13.9 Å². The molecule has 1 heterocycles. The van der Waals surface area contributed by atoms with Crippen molar-refractivity contribution in [1.29, 1.82) is 0 Å². The number of H-pyrrole nitrogens is 1. The molecule has 3 nitrogen and oxygen atoms in total. The average molecular weight is 237 g/mol. The van der Waals surface area contributed by atoms with E-state index in [0.29, 0.717) is 12.1 Å². The van der Waals surface area contributed by atoms with E-state index in [4.69, 9.17) is 11.6 Å². The lowest BCUT2D eigenvalue weighted by atomic mass is 10.1. The maximum atomic E-state index is 12.5. The highest BCUT2D eigenvalue weighted by Gasteiger charge is 2.20. The van der Waals surface area contributed by atoms with Crippen molar-refractivity contribution in [2.75, 3.05) is 0 Å². The molecule has 0 atom stereocenters. The fraction of sp³-hybridized carbons (Fsp3) is 0.556. The molecule has 1 aromatic heterocycles. The molecule has 0 aliphatic rings. The van der Waals surface area contributed by atoms with E-state index < -0.39 is 17.5 Å². The number of aromatic amines is 1. The van der Waals surface area contributed by atoms with Gasteiger partial charge < -0.3 is 0 Å². The molecule has 0 saturated heterocycles. The highest BCUT2D eigenvalue weighted by molar-refractivity contribution is 6.31. The highest BCUT2D eigenvalue weighted by Crippen LogP contribution is 2.25. The van der Waals surface area contributed by atoms with Crippen LogP contribution in [0, 0.1) is 0 Å². The monoisotopic (exact) mass is 236 g/mol. The number of nitrogens with one attached hydrogen (secondary N) is 1. The molecule has 6 heteroatoms. The zero-order chi connectivity index (χ0) is 11.4. The summed E-state index contributed by atoms with van der Waals surface area (Å²) in [5.74, 6) is 0. The summed E-state index contributed by atoms with van der Waals surface area (Å²) in [6.45, 7) is 1.97. The van der Waals surface area contributed by atoms with Crippen LogP contribution in [0.15, 0.2) is 4.79 Å². The third kappa shape index (κ3) is 2.75. The van der Waals surface area contributed by atoms with Crippen molar-refractivity contribution in [2.24, 2.45) is 0 Å². The number of alkyl halides is 2. The van der Waals surface area contributed by atoms with Crippen LogP contribution in [-0.2, 0) is 6.42 Å². The number of aryl methyl sites for hydroxylation is 1. The standard InChI is InChI=1S/C9H11ClF2N2O/c1-2-3-4-5-7(10)6(8(11)12)9(15)14-13-5/h8H,2-4H2,1H3,(H,14,15). The van der Waals surface area contributed by atoms with Gasteiger partial charge in [-0.3, -0.25) is 4.79 Å². The first-order chi connectivity index (χ1) is 7.07. The van der Waals surface area contributed by atoms with Gasteiger partial charge in [0.1, 0.15) is 5.56 Å². The minimum atomic E-state index is -2.87. The van der Waals surface area contributed by atoms with E-state index in [0.717, 1.165) is 12.8 Å². The SMILES string of the molecule is CCCCc1n[nH]c(=O)c(C(F)F)c1Cl. The Bertz CT molecular complexity index is 392. The zero-order valence-electron chi connectivity index (χ0n) is 8.19. The zero-order valence-corrected chi connectivity index (χ0v) is 8.94. The molecule has 0 aromatic carbocycles. The van der Waals surface area contributed by atoms with Crippen LogP contribution in [-0.4, -0.2) is 10.2 Å². The highest BCUT2D eigenvalue weighted by atomic mass is 35.5. The van der Waals surface area contributed by atoms with Crippen LogP contribution in [0.2, 0.25) is 5.02 Å². The molecule has 0 aliphatic carbocycles. The largest absolute Gasteiger partial charge is 0.274 e. The molecule has 0 amide bonds. The third-order valence-corrected chi connectivity index (χ3v) is 2.43. The van der Waals surface area contributed by atoms with Crippen molar-refractivity contribution >= 4 is 11.6 Å². The molecule has 1 aromatic rings. The Morgan fingerprint density at radius 3 is 2.73 bits per heavy atom. The average Bonchev–Trinajstić information content (AvgIpc) is 2.16. The van der Waals surface area contributed by atoms with E-state index in [1.807, 2.05) is 12.0 Å². The summed E-state index contributed by atoms with van der Waals surface area (Å²) in [5.41, 5.74) is -1.28. The van der Waals surface area contributed by atoms with E-state index >= 15 is 0 Å². The minimum Gasteiger partial charge on any atom is -0.267 e. The van der Waals surface area contributed by atoms with Gasteiger partial charge in [0, 0.05) is 0 Å². The molecule has 1 rings (SSSR count). The lowest BCUT2D eigenvalue weighted by molar-refractivity contribution is 0.149. The minimum absolute atomic E-state index is 0.206. The molecular weight excluding hydrogens is 226 g/mol. The predicted molar refractivity (Wildman–Crippen MR) is 53.4 cm³/mol. The van der Waals surface area contributed by atoms with Crippen LogP contribution in [0.5, 0.6) is 0 Å². The summed E-state index contributed by atoms with van der Waals surface area (Å²) < 4.78 is 24.9. The van der Waals surface area contributed by atoms with Crippen LogP contribution in [0.25, 0.3) is 0 Å². The molecule has 0 saturated carbocycles. The Balaban J connectivity index is 3.11. The topological polar surface area (TPSA) is 45.8 Å². The summed E-state index contributed by atoms with van der Waals surface area (Å²) in [6, 6.07) is 0. The smallest absolute Gasteiger partial charge is 0.267 e. The van der Waals surface area contributed by atoms with Gasteiger partial charge in [0.2, 0.25) is 0 Å². The van der Waals surface area contributed by atoms with Gasteiger partial charge in [0.15, 0.2) is 0 Å². The van der Waals surface area contributed by atoms with Gasteiger partial charge >= 0.3 is 0 Å². The van der Waals surface area contributed by atoms with E-state index in [9.17, 15) is 13.6 Å². The number of aromatic nitrogens is 2. The van der Waals surface area contributed by atoms with Crippen molar-refractivity contribution in [2.45, 2.75) is 32.6 Å². The molecule has 0 radical (unpaired) electrons. The van der Waals surface area contributed by atoms with Gasteiger partial charge in [-0.2, -0.15) is 5.10 Å². The molecule has 0 bridgehead atoms. The van der Waals surface area contributed by atoms with Crippen LogP contribution in [0.1, 0.15) is 37.4 Å². The maximum Gasteiger partial charge on any atom is 0.274 e. The summed E-state index contributed by atoms with van der Waals surface area (Å²) in [4.78, 5) is 11.0. The van der Waals surface area contributed by atoms with Crippen LogP contribution in [0.4, 0.5) is 8.78 Å². The first kappa shape index (κ1) is 12.1.